The minimum atomic E-state index is -0.109. The summed E-state index contributed by atoms with van der Waals surface area (Å²) < 4.78 is 5.21. The van der Waals surface area contributed by atoms with E-state index in [1.807, 2.05) is 19.1 Å². The number of amides is 1. The first-order valence-corrected chi connectivity index (χ1v) is 6.24. The Bertz CT molecular complexity index is 579. The van der Waals surface area contributed by atoms with Gasteiger partial charge < -0.3 is 15.0 Å². The number of ether oxygens (including phenoxy) is 1. The molecule has 0 aliphatic carbocycles. The number of hydrogen-bond acceptors (Lipinski definition) is 2. The van der Waals surface area contributed by atoms with E-state index in [9.17, 15) is 4.79 Å². The molecule has 0 spiro atoms. The molecule has 19 heavy (non-hydrogen) atoms. The fourth-order valence-corrected chi connectivity index (χ4v) is 1.93. The van der Waals surface area contributed by atoms with E-state index in [0.717, 1.165) is 11.3 Å². The SMILES string of the molecule is COc1cc(Cl)c(C)cc1NC(=O)Cc1ccc[nH]1. The minimum absolute atomic E-state index is 0.109. The van der Waals surface area contributed by atoms with Crippen molar-refractivity contribution in [1.29, 1.82) is 0 Å². The lowest BCUT2D eigenvalue weighted by atomic mass is 10.2. The van der Waals surface area contributed by atoms with Crippen molar-refractivity contribution in [3.8, 4) is 5.75 Å². The van der Waals surface area contributed by atoms with Crippen molar-refractivity contribution in [3.63, 3.8) is 0 Å². The number of carbonyl (C=O) groups is 1. The first-order chi connectivity index (χ1) is 9.10. The quantitative estimate of drug-likeness (QED) is 0.902. The van der Waals surface area contributed by atoms with E-state index in [4.69, 9.17) is 16.3 Å². The maximum Gasteiger partial charge on any atom is 0.230 e. The van der Waals surface area contributed by atoms with Gasteiger partial charge in [-0.05, 0) is 30.7 Å². The third-order valence-electron chi connectivity index (χ3n) is 2.77. The Labute approximate surface area is 116 Å². The molecule has 0 saturated heterocycles. The van der Waals surface area contributed by atoms with E-state index in [2.05, 4.69) is 10.3 Å². The second-order valence-corrected chi connectivity index (χ2v) is 4.63. The monoisotopic (exact) mass is 278 g/mol. The average Bonchev–Trinajstić information content (AvgIpc) is 2.86. The van der Waals surface area contributed by atoms with Crippen LogP contribution in [0.3, 0.4) is 0 Å². The Balaban J connectivity index is 2.14. The van der Waals surface area contributed by atoms with Crippen molar-refractivity contribution in [2.24, 2.45) is 0 Å². The first kappa shape index (κ1) is 13.5. The zero-order valence-corrected chi connectivity index (χ0v) is 11.5. The molecule has 100 valence electrons. The molecule has 5 heteroatoms. The molecule has 0 bridgehead atoms. The molecule has 1 aromatic heterocycles. The molecule has 1 amide bonds. The van der Waals surface area contributed by atoms with Crippen molar-refractivity contribution in [1.82, 2.24) is 4.98 Å². The number of halogens is 1. The Morgan fingerprint density at radius 2 is 2.26 bits per heavy atom. The number of nitrogens with one attached hydrogen (secondary N) is 2. The van der Waals surface area contributed by atoms with Crippen LogP contribution >= 0.6 is 11.6 Å². The van der Waals surface area contributed by atoms with Gasteiger partial charge in [0.2, 0.25) is 5.91 Å². The number of H-pyrrole nitrogens is 1. The minimum Gasteiger partial charge on any atom is -0.495 e. The number of anilines is 1. The zero-order valence-electron chi connectivity index (χ0n) is 10.8. The molecule has 0 radical (unpaired) electrons. The van der Waals surface area contributed by atoms with Gasteiger partial charge in [0.15, 0.2) is 0 Å². The molecular weight excluding hydrogens is 264 g/mol. The van der Waals surface area contributed by atoms with Crippen LogP contribution in [-0.4, -0.2) is 18.0 Å². The van der Waals surface area contributed by atoms with Crippen LogP contribution in [-0.2, 0) is 11.2 Å². The topological polar surface area (TPSA) is 54.1 Å². The lowest BCUT2D eigenvalue weighted by Crippen LogP contribution is -2.15. The lowest BCUT2D eigenvalue weighted by Gasteiger charge is -2.12. The summed E-state index contributed by atoms with van der Waals surface area (Å²) in [6.07, 6.45) is 2.08. The summed E-state index contributed by atoms with van der Waals surface area (Å²) in [4.78, 5) is 14.9. The van der Waals surface area contributed by atoms with Crippen LogP contribution in [0, 0.1) is 6.92 Å². The molecule has 4 nitrogen and oxygen atoms in total. The molecule has 0 fully saturated rings. The summed E-state index contributed by atoms with van der Waals surface area (Å²) in [6, 6.07) is 7.22. The Kier molecular flexibility index (Phi) is 4.12. The van der Waals surface area contributed by atoms with Crippen LogP contribution in [0.1, 0.15) is 11.3 Å². The number of carbonyl (C=O) groups excluding carboxylic acids is 1. The number of rotatable bonds is 4. The third kappa shape index (κ3) is 3.29. The second-order valence-electron chi connectivity index (χ2n) is 4.22. The molecule has 0 saturated carbocycles. The third-order valence-corrected chi connectivity index (χ3v) is 3.18. The highest BCUT2D eigenvalue weighted by molar-refractivity contribution is 6.31. The number of methoxy groups -OCH3 is 1. The average molecular weight is 279 g/mol. The van der Waals surface area contributed by atoms with Crippen LogP contribution in [0.2, 0.25) is 5.02 Å². The normalized spacial score (nSPS) is 10.3. The van der Waals surface area contributed by atoms with Crippen LogP contribution in [0.4, 0.5) is 5.69 Å². The number of hydrogen-bond donors (Lipinski definition) is 2. The van der Waals surface area contributed by atoms with Gasteiger partial charge in [-0.3, -0.25) is 4.79 Å². The molecule has 1 aromatic carbocycles. The summed E-state index contributed by atoms with van der Waals surface area (Å²) in [5, 5.41) is 3.44. The van der Waals surface area contributed by atoms with Crippen molar-refractivity contribution >= 4 is 23.2 Å². The summed E-state index contributed by atoms with van der Waals surface area (Å²) in [7, 11) is 1.54. The molecule has 0 aliphatic heterocycles. The number of benzene rings is 1. The fourth-order valence-electron chi connectivity index (χ4n) is 1.77. The Morgan fingerprint density at radius 1 is 1.47 bits per heavy atom. The predicted molar refractivity (Wildman–Crippen MR) is 75.9 cm³/mol. The van der Waals surface area contributed by atoms with Gasteiger partial charge in [-0.1, -0.05) is 11.6 Å². The van der Waals surface area contributed by atoms with Crippen molar-refractivity contribution in [2.75, 3.05) is 12.4 Å². The van der Waals surface area contributed by atoms with Gasteiger partial charge in [-0.15, -0.1) is 0 Å². The van der Waals surface area contributed by atoms with Gasteiger partial charge in [0.05, 0.1) is 19.2 Å². The molecule has 2 rings (SSSR count). The van der Waals surface area contributed by atoms with Crippen molar-refractivity contribution in [2.45, 2.75) is 13.3 Å². The maximum absolute atomic E-state index is 11.9. The molecule has 0 atom stereocenters. The van der Waals surface area contributed by atoms with Crippen LogP contribution in [0.25, 0.3) is 0 Å². The van der Waals surface area contributed by atoms with Crippen molar-refractivity contribution < 1.29 is 9.53 Å². The highest BCUT2D eigenvalue weighted by Gasteiger charge is 2.11. The largest absolute Gasteiger partial charge is 0.495 e. The summed E-state index contributed by atoms with van der Waals surface area (Å²) in [6.45, 7) is 1.88. The van der Waals surface area contributed by atoms with Gasteiger partial charge in [0.25, 0.3) is 0 Å². The summed E-state index contributed by atoms with van der Waals surface area (Å²) in [5.41, 5.74) is 2.38. The van der Waals surface area contributed by atoms with E-state index in [1.54, 1.807) is 25.4 Å². The zero-order chi connectivity index (χ0) is 13.8. The van der Waals surface area contributed by atoms with E-state index >= 15 is 0 Å². The predicted octanol–water partition coefficient (Wildman–Crippen LogP) is 3.17. The van der Waals surface area contributed by atoms with Crippen LogP contribution in [0.15, 0.2) is 30.5 Å². The van der Waals surface area contributed by atoms with Gasteiger partial charge in [-0.2, -0.15) is 0 Å². The molecule has 1 heterocycles. The van der Waals surface area contributed by atoms with E-state index in [-0.39, 0.29) is 12.3 Å². The first-order valence-electron chi connectivity index (χ1n) is 5.86. The van der Waals surface area contributed by atoms with Gasteiger partial charge >= 0.3 is 0 Å². The molecule has 0 aliphatic rings. The Morgan fingerprint density at radius 3 is 2.89 bits per heavy atom. The molecule has 0 unspecified atom stereocenters. The standard InChI is InChI=1S/C14H15ClN2O2/c1-9-6-12(13(19-2)8-11(9)15)17-14(18)7-10-4-3-5-16-10/h3-6,8,16H,7H2,1-2H3,(H,17,18). The lowest BCUT2D eigenvalue weighted by molar-refractivity contribution is -0.115. The second kappa shape index (κ2) is 5.80. The van der Waals surface area contributed by atoms with Gasteiger partial charge in [0, 0.05) is 23.0 Å². The fraction of sp³-hybridized carbons (Fsp3) is 0.214. The summed E-state index contributed by atoms with van der Waals surface area (Å²) >= 11 is 6.02. The van der Waals surface area contributed by atoms with Crippen LogP contribution in [0.5, 0.6) is 5.75 Å². The van der Waals surface area contributed by atoms with E-state index in [0.29, 0.717) is 16.5 Å². The smallest absolute Gasteiger partial charge is 0.230 e. The maximum atomic E-state index is 11.9. The van der Waals surface area contributed by atoms with E-state index < -0.39 is 0 Å². The van der Waals surface area contributed by atoms with Gasteiger partial charge in [0.1, 0.15) is 5.75 Å². The van der Waals surface area contributed by atoms with Gasteiger partial charge in [-0.25, -0.2) is 0 Å². The Hall–Kier alpha value is -1.94. The summed E-state index contributed by atoms with van der Waals surface area (Å²) in [5.74, 6) is 0.443. The molecule has 2 N–H and O–H groups in total. The van der Waals surface area contributed by atoms with Crippen LogP contribution < -0.4 is 10.1 Å². The van der Waals surface area contributed by atoms with Crippen molar-refractivity contribution in [3.05, 3.63) is 46.7 Å². The number of aromatic nitrogens is 1. The molecule has 2 aromatic rings. The van der Waals surface area contributed by atoms with E-state index in [1.165, 1.54) is 0 Å². The number of aryl methyl sites for hydroxylation is 1. The highest BCUT2D eigenvalue weighted by atomic mass is 35.5. The molecular formula is C14H15ClN2O2. The highest BCUT2D eigenvalue weighted by Crippen LogP contribution is 2.30. The number of aromatic amines is 1.